The highest BCUT2D eigenvalue weighted by Crippen LogP contribution is 2.06. The van der Waals surface area contributed by atoms with E-state index < -0.39 is 0 Å². The number of hydrogen-bond donors (Lipinski definition) is 1. The van der Waals surface area contributed by atoms with Crippen molar-refractivity contribution in [2.24, 2.45) is 11.7 Å². The molecule has 1 unspecified atom stereocenters. The van der Waals surface area contributed by atoms with Gasteiger partial charge in [0.1, 0.15) is 5.82 Å². The summed E-state index contributed by atoms with van der Waals surface area (Å²) in [7, 11) is 0. The smallest absolute Gasteiger partial charge is 0.128 e. The van der Waals surface area contributed by atoms with Gasteiger partial charge in [-0.25, -0.2) is 9.97 Å². The van der Waals surface area contributed by atoms with Crippen molar-refractivity contribution in [1.82, 2.24) is 9.97 Å². The van der Waals surface area contributed by atoms with Crippen molar-refractivity contribution in [3.63, 3.8) is 0 Å². The van der Waals surface area contributed by atoms with E-state index in [9.17, 15) is 0 Å². The quantitative estimate of drug-likeness (QED) is 0.803. The van der Waals surface area contributed by atoms with Gasteiger partial charge in [0.15, 0.2) is 0 Å². The lowest BCUT2D eigenvalue weighted by Gasteiger charge is -2.07. The molecule has 1 heterocycles. The predicted octanol–water partition coefficient (Wildman–Crippen LogP) is 1.95. The molecule has 0 aliphatic rings. The van der Waals surface area contributed by atoms with Crippen LogP contribution >= 0.6 is 0 Å². The topological polar surface area (TPSA) is 51.8 Å². The van der Waals surface area contributed by atoms with Crippen molar-refractivity contribution < 1.29 is 0 Å². The van der Waals surface area contributed by atoms with Gasteiger partial charge in [-0.3, -0.25) is 0 Å². The van der Waals surface area contributed by atoms with Crippen LogP contribution in [-0.2, 0) is 12.8 Å². The number of hydrogen-bond acceptors (Lipinski definition) is 3. The summed E-state index contributed by atoms with van der Waals surface area (Å²) >= 11 is 0. The molecule has 1 rings (SSSR count). The van der Waals surface area contributed by atoms with Gasteiger partial charge < -0.3 is 5.73 Å². The third-order valence-electron chi connectivity index (χ3n) is 2.20. The fourth-order valence-electron chi connectivity index (χ4n) is 1.45. The molecular weight excluding hydrogens is 186 g/mol. The van der Waals surface area contributed by atoms with Crippen molar-refractivity contribution in [2.45, 2.75) is 46.1 Å². The molecule has 0 spiro atoms. The lowest BCUT2D eigenvalue weighted by molar-refractivity contribution is 0.617. The summed E-state index contributed by atoms with van der Waals surface area (Å²) in [6.07, 6.45) is 4.70. The Morgan fingerprint density at radius 1 is 1.33 bits per heavy atom. The van der Waals surface area contributed by atoms with E-state index in [1.54, 1.807) is 0 Å². The highest BCUT2D eigenvalue weighted by Gasteiger charge is 2.03. The van der Waals surface area contributed by atoms with Crippen molar-refractivity contribution in [3.8, 4) is 0 Å². The minimum atomic E-state index is 0.224. The Balaban J connectivity index is 2.57. The average molecular weight is 207 g/mol. The summed E-state index contributed by atoms with van der Waals surface area (Å²) in [5, 5.41) is 0. The number of nitrogens with two attached hydrogens (primary N) is 1. The zero-order valence-corrected chi connectivity index (χ0v) is 9.90. The molecule has 0 amide bonds. The first-order valence-corrected chi connectivity index (χ1v) is 5.64. The summed E-state index contributed by atoms with van der Waals surface area (Å²) in [4.78, 5) is 8.77. The first kappa shape index (κ1) is 12.1. The first-order chi connectivity index (χ1) is 7.08. The summed E-state index contributed by atoms with van der Waals surface area (Å²) in [5.74, 6) is 1.56. The van der Waals surface area contributed by atoms with Gasteiger partial charge in [-0.05, 0) is 31.7 Å². The Morgan fingerprint density at radius 3 is 2.67 bits per heavy atom. The third-order valence-corrected chi connectivity index (χ3v) is 2.20. The van der Waals surface area contributed by atoms with Crippen LogP contribution < -0.4 is 5.73 Å². The molecule has 3 nitrogen and oxygen atoms in total. The third kappa shape index (κ3) is 4.88. The van der Waals surface area contributed by atoms with Gasteiger partial charge >= 0.3 is 0 Å². The maximum atomic E-state index is 5.70. The Labute approximate surface area is 92.1 Å². The molecule has 0 aliphatic heterocycles. The van der Waals surface area contributed by atoms with E-state index in [0.29, 0.717) is 5.92 Å². The fraction of sp³-hybridized carbons (Fsp3) is 0.667. The largest absolute Gasteiger partial charge is 0.328 e. The monoisotopic (exact) mass is 207 g/mol. The SMILES string of the molecule is CC(C)Cc1ccnc(CCC(C)N)n1. The zero-order chi connectivity index (χ0) is 11.3. The van der Waals surface area contributed by atoms with Crippen LogP contribution in [0.5, 0.6) is 0 Å². The van der Waals surface area contributed by atoms with Crippen molar-refractivity contribution in [1.29, 1.82) is 0 Å². The molecule has 1 atom stereocenters. The van der Waals surface area contributed by atoms with Crippen LogP contribution in [0.2, 0.25) is 0 Å². The van der Waals surface area contributed by atoms with E-state index in [4.69, 9.17) is 5.73 Å². The lowest BCUT2D eigenvalue weighted by Crippen LogP contribution is -2.16. The van der Waals surface area contributed by atoms with Gasteiger partial charge in [-0.2, -0.15) is 0 Å². The molecule has 1 aromatic rings. The van der Waals surface area contributed by atoms with Crippen molar-refractivity contribution in [2.75, 3.05) is 0 Å². The second kappa shape index (κ2) is 5.81. The second-order valence-corrected chi connectivity index (χ2v) is 4.58. The molecule has 0 aromatic carbocycles. The molecule has 1 aromatic heterocycles. The van der Waals surface area contributed by atoms with Gasteiger partial charge in [-0.1, -0.05) is 13.8 Å². The summed E-state index contributed by atoms with van der Waals surface area (Å²) in [6.45, 7) is 6.41. The molecule has 84 valence electrons. The molecule has 0 radical (unpaired) electrons. The van der Waals surface area contributed by atoms with Crippen LogP contribution in [-0.4, -0.2) is 16.0 Å². The zero-order valence-electron chi connectivity index (χ0n) is 9.90. The van der Waals surface area contributed by atoms with Crippen LogP contribution in [0, 0.1) is 5.92 Å². The second-order valence-electron chi connectivity index (χ2n) is 4.58. The predicted molar refractivity (Wildman–Crippen MR) is 62.5 cm³/mol. The van der Waals surface area contributed by atoms with Crippen LogP contribution in [0.4, 0.5) is 0 Å². The van der Waals surface area contributed by atoms with E-state index >= 15 is 0 Å². The molecule has 0 saturated heterocycles. The maximum Gasteiger partial charge on any atom is 0.128 e. The molecular formula is C12H21N3. The molecule has 2 N–H and O–H groups in total. The van der Waals surface area contributed by atoms with E-state index in [1.165, 1.54) is 0 Å². The van der Waals surface area contributed by atoms with E-state index in [1.807, 2.05) is 19.2 Å². The number of aromatic nitrogens is 2. The molecule has 0 bridgehead atoms. The Hall–Kier alpha value is -0.960. The van der Waals surface area contributed by atoms with Crippen LogP contribution in [0.15, 0.2) is 12.3 Å². The van der Waals surface area contributed by atoms with Gasteiger partial charge in [-0.15, -0.1) is 0 Å². The lowest BCUT2D eigenvalue weighted by atomic mass is 10.1. The standard InChI is InChI=1S/C12H21N3/c1-9(2)8-11-6-7-14-12(15-11)5-4-10(3)13/h6-7,9-10H,4-5,8,13H2,1-3H3. The summed E-state index contributed by atoms with van der Waals surface area (Å²) in [6, 6.07) is 2.22. The van der Waals surface area contributed by atoms with Crippen molar-refractivity contribution in [3.05, 3.63) is 23.8 Å². The maximum absolute atomic E-state index is 5.70. The van der Waals surface area contributed by atoms with Gasteiger partial charge in [0, 0.05) is 24.4 Å². The van der Waals surface area contributed by atoms with Crippen LogP contribution in [0.3, 0.4) is 0 Å². The average Bonchev–Trinajstić information content (AvgIpc) is 2.14. The Bertz CT molecular complexity index is 295. The minimum absolute atomic E-state index is 0.224. The van der Waals surface area contributed by atoms with E-state index in [2.05, 4.69) is 23.8 Å². The number of rotatable bonds is 5. The Kier molecular flexibility index (Phi) is 4.69. The molecule has 0 saturated carbocycles. The summed E-state index contributed by atoms with van der Waals surface area (Å²) < 4.78 is 0. The van der Waals surface area contributed by atoms with Gasteiger partial charge in [0.05, 0.1) is 0 Å². The molecule has 0 fully saturated rings. The van der Waals surface area contributed by atoms with E-state index in [0.717, 1.165) is 30.8 Å². The van der Waals surface area contributed by atoms with Crippen molar-refractivity contribution >= 4 is 0 Å². The fourth-order valence-corrected chi connectivity index (χ4v) is 1.45. The van der Waals surface area contributed by atoms with E-state index in [-0.39, 0.29) is 6.04 Å². The highest BCUT2D eigenvalue weighted by molar-refractivity contribution is 5.03. The van der Waals surface area contributed by atoms with Crippen LogP contribution in [0.1, 0.15) is 38.7 Å². The van der Waals surface area contributed by atoms with Gasteiger partial charge in [0.25, 0.3) is 0 Å². The number of aryl methyl sites for hydroxylation is 1. The van der Waals surface area contributed by atoms with Gasteiger partial charge in [0.2, 0.25) is 0 Å². The first-order valence-electron chi connectivity index (χ1n) is 5.64. The normalized spacial score (nSPS) is 13.1. The van der Waals surface area contributed by atoms with Crippen LogP contribution in [0.25, 0.3) is 0 Å². The molecule has 0 aliphatic carbocycles. The Morgan fingerprint density at radius 2 is 2.07 bits per heavy atom. The minimum Gasteiger partial charge on any atom is -0.328 e. The molecule has 3 heteroatoms. The number of nitrogens with zero attached hydrogens (tertiary/aromatic N) is 2. The summed E-state index contributed by atoms with van der Waals surface area (Å²) in [5.41, 5.74) is 6.84. The highest BCUT2D eigenvalue weighted by atomic mass is 14.9. The molecule has 15 heavy (non-hydrogen) atoms.